The van der Waals surface area contributed by atoms with Crippen LogP contribution in [0.4, 0.5) is 0 Å². The normalized spacial score (nSPS) is 19.2. The van der Waals surface area contributed by atoms with Gasteiger partial charge < -0.3 is 14.2 Å². The molecular weight excluding hydrogens is 252 g/mol. The zero-order valence-electron chi connectivity index (χ0n) is 11.4. The Balaban J connectivity index is 1.74. The molecule has 0 spiro atoms. The van der Waals surface area contributed by atoms with E-state index in [1.54, 1.807) is 0 Å². The maximum absolute atomic E-state index is 5.48. The Morgan fingerprint density at radius 2 is 2.15 bits per heavy atom. The highest BCUT2D eigenvalue weighted by Crippen LogP contribution is 2.15. The average Bonchev–Trinajstić information content (AvgIpc) is 2.53. The second-order valence-corrected chi connectivity index (χ2v) is 4.46. The first-order valence-corrected chi connectivity index (χ1v) is 6.78. The molecule has 1 saturated heterocycles. The fourth-order valence-corrected chi connectivity index (χ4v) is 1.93. The minimum Gasteiger partial charge on any atom is -0.425 e. The lowest BCUT2D eigenvalue weighted by molar-refractivity contribution is -0.154. The van der Waals surface area contributed by atoms with E-state index in [4.69, 9.17) is 20.6 Å². The van der Waals surface area contributed by atoms with Gasteiger partial charge in [-0.25, -0.2) is 0 Å². The smallest absolute Gasteiger partial charge is 0.195 e. The molecule has 1 aliphatic rings. The summed E-state index contributed by atoms with van der Waals surface area (Å²) < 4.78 is 16.3. The molecule has 0 amide bonds. The van der Waals surface area contributed by atoms with Crippen molar-refractivity contribution in [1.29, 1.82) is 0 Å². The molecule has 2 unspecified atom stereocenters. The third kappa shape index (κ3) is 4.63. The van der Waals surface area contributed by atoms with Crippen LogP contribution in [0, 0.1) is 24.4 Å². The first kappa shape index (κ1) is 14.5. The van der Waals surface area contributed by atoms with E-state index in [0.717, 1.165) is 31.4 Å². The van der Waals surface area contributed by atoms with Gasteiger partial charge in [-0.05, 0) is 25.2 Å². The molecule has 20 heavy (non-hydrogen) atoms. The van der Waals surface area contributed by atoms with Crippen molar-refractivity contribution in [2.24, 2.45) is 0 Å². The van der Waals surface area contributed by atoms with Gasteiger partial charge in [0.05, 0.1) is 0 Å². The maximum atomic E-state index is 5.48. The third-order valence-electron chi connectivity index (χ3n) is 2.98. The Morgan fingerprint density at radius 3 is 2.85 bits per heavy atom. The number of ether oxygens (including phenoxy) is 3. The number of hydrogen-bond acceptors (Lipinski definition) is 3. The van der Waals surface area contributed by atoms with Crippen molar-refractivity contribution >= 4 is 0 Å². The molecule has 1 fully saturated rings. The second kappa shape index (κ2) is 8.27. The first-order valence-electron chi connectivity index (χ1n) is 6.78. The molecule has 3 heteroatoms. The predicted molar refractivity (Wildman–Crippen MR) is 76.4 cm³/mol. The van der Waals surface area contributed by atoms with Crippen molar-refractivity contribution in [3.8, 4) is 24.4 Å². The van der Waals surface area contributed by atoms with E-state index in [0.29, 0.717) is 0 Å². The summed E-state index contributed by atoms with van der Waals surface area (Å²) in [7, 11) is 0. The summed E-state index contributed by atoms with van der Waals surface area (Å²) in [4.78, 5) is 0. The predicted octanol–water partition coefficient (Wildman–Crippen LogP) is 2.88. The second-order valence-electron chi connectivity index (χ2n) is 4.46. The van der Waals surface area contributed by atoms with Gasteiger partial charge in [-0.2, -0.15) is 0 Å². The Kier molecular flexibility index (Phi) is 5.99. The fraction of sp³-hybridized carbons (Fsp3) is 0.412. The summed E-state index contributed by atoms with van der Waals surface area (Å²) in [6.45, 7) is 1.05. The van der Waals surface area contributed by atoms with Crippen molar-refractivity contribution in [3.63, 3.8) is 0 Å². The van der Waals surface area contributed by atoms with Crippen molar-refractivity contribution < 1.29 is 14.2 Å². The van der Waals surface area contributed by atoms with Crippen LogP contribution in [0.1, 0.15) is 30.9 Å². The lowest BCUT2D eigenvalue weighted by atomic mass is 10.1. The summed E-state index contributed by atoms with van der Waals surface area (Å²) in [5.74, 6) is 5.37. The van der Waals surface area contributed by atoms with Crippen molar-refractivity contribution in [2.45, 2.75) is 31.7 Å². The number of benzene rings is 1. The van der Waals surface area contributed by atoms with Gasteiger partial charge in [0, 0.05) is 12.2 Å². The van der Waals surface area contributed by atoms with Gasteiger partial charge in [0.1, 0.15) is 12.7 Å². The first-order chi connectivity index (χ1) is 9.90. The van der Waals surface area contributed by atoms with Gasteiger partial charge >= 0.3 is 0 Å². The summed E-state index contributed by atoms with van der Waals surface area (Å²) in [6, 6.07) is 9.60. The minimum atomic E-state index is -0.449. The van der Waals surface area contributed by atoms with Gasteiger partial charge in [-0.3, -0.25) is 0 Å². The maximum Gasteiger partial charge on any atom is 0.195 e. The molecule has 1 aromatic rings. The quantitative estimate of drug-likeness (QED) is 0.787. The highest BCUT2D eigenvalue weighted by Gasteiger charge is 2.12. The van der Waals surface area contributed by atoms with Crippen molar-refractivity contribution in [1.82, 2.24) is 0 Å². The molecule has 0 radical (unpaired) electrons. The van der Waals surface area contributed by atoms with E-state index in [1.807, 2.05) is 30.3 Å². The largest absolute Gasteiger partial charge is 0.425 e. The van der Waals surface area contributed by atoms with Crippen LogP contribution in [0.5, 0.6) is 0 Å². The molecule has 2 atom stereocenters. The molecular formula is C17H18O3. The van der Waals surface area contributed by atoms with Crippen LogP contribution >= 0.6 is 0 Å². The fourth-order valence-electron chi connectivity index (χ4n) is 1.93. The number of rotatable bonds is 4. The van der Waals surface area contributed by atoms with Gasteiger partial charge in [0.2, 0.25) is 0 Å². The molecule has 3 nitrogen and oxygen atoms in total. The monoisotopic (exact) mass is 270 g/mol. The molecule has 0 bridgehead atoms. The zero-order chi connectivity index (χ0) is 14.0. The molecule has 104 valence electrons. The van der Waals surface area contributed by atoms with Gasteiger partial charge in [0.25, 0.3) is 0 Å². The standard InChI is InChI=1S/C17H18O3/c1-2-16(15-9-4-3-5-10-15)18-13-8-14-20-17-11-6-7-12-19-17/h1,3-5,9-10,16-17H,6-7,11-12,14H2. The molecule has 0 aliphatic carbocycles. The van der Waals surface area contributed by atoms with Crippen LogP contribution in [0.15, 0.2) is 30.3 Å². The van der Waals surface area contributed by atoms with Crippen LogP contribution in [-0.2, 0) is 14.2 Å². The average molecular weight is 270 g/mol. The van der Waals surface area contributed by atoms with Crippen LogP contribution in [-0.4, -0.2) is 19.5 Å². The molecule has 2 rings (SSSR count). The van der Waals surface area contributed by atoms with E-state index in [9.17, 15) is 0 Å². The summed E-state index contributed by atoms with van der Waals surface area (Å²) in [6.07, 6.45) is 10.6. The lowest BCUT2D eigenvalue weighted by Gasteiger charge is -2.21. The number of hydrogen-bond donors (Lipinski definition) is 0. The van der Waals surface area contributed by atoms with E-state index >= 15 is 0 Å². The van der Waals surface area contributed by atoms with Gasteiger partial charge in [-0.1, -0.05) is 36.3 Å². The highest BCUT2D eigenvalue weighted by atomic mass is 16.7. The van der Waals surface area contributed by atoms with Gasteiger partial charge in [0.15, 0.2) is 12.4 Å². The Hall–Kier alpha value is -1.94. The molecule has 0 aromatic heterocycles. The van der Waals surface area contributed by atoms with Crippen molar-refractivity contribution in [3.05, 3.63) is 35.9 Å². The van der Waals surface area contributed by atoms with Crippen LogP contribution in [0.25, 0.3) is 0 Å². The van der Waals surface area contributed by atoms with E-state index in [1.165, 1.54) is 0 Å². The lowest BCUT2D eigenvalue weighted by Crippen LogP contribution is -2.22. The molecule has 0 N–H and O–H groups in total. The highest BCUT2D eigenvalue weighted by molar-refractivity contribution is 5.24. The summed E-state index contributed by atoms with van der Waals surface area (Å²) >= 11 is 0. The summed E-state index contributed by atoms with van der Waals surface area (Å²) in [5.41, 5.74) is 0.917. The van der Waals surface area contributed by atoms with Gasteiger partial charge in [-0.15, -0.1) is 6.42 Å². The Bertz CT molecular complexity index is 486. The molecule has 1 aliphatic heterocycles. The van der Waals surface area contributed by atoms with Crippen LogP contribution in [0.2, 0.25) is 0 Å². The third-order valence-corrected chi connectivity index (χ3v) is 2.98. The van der Waals surface area contributed by atoms with E-state index in [-0.39, 0.29) is 12.9 Å². The Labute approximate surface area is 120 Å². The topological polar surface area (TPSA) is 27.7 Å². The van der Waals surface area contributed by atoms with E-state index in [2.05, 4.69) is 17.9 Å². The number of terminal acetylenes is 1. The van der Waals surface area contributed by atoms with Crippen molar-refractivity contribution in [2.75, 3.05) is 13.2 Å². The van der Waals surface area contributed by atoms with E-state index < -0.39 is 6.10 Å². The molecule has 1 heterocycles. The SMILES string of the molecule is C#CC(OC#CCOC1CCCCO1)c1ccccc1. The minimum absolute atomic E-state index is 0.129. The molecule has 0 saturated carbocycles. The Morgan fingerprint density at radius 1 is 1.30 bits per heavy atom. The summed E-state index contributed by atoms with van der Waals surface area (Å²) in [5, 5.41) is 0. The van der Waals surface area contributed by atoms with Crippen LogP contribution in [0.3, 0.4) is 0 Å². The molecule has 1 aromatic carbocycles. The van der Waals surface area contributed by atoms with Crippen LogP contribution < -0.4 is 0 Å². The zero-order valence-corrected chi connectivity index (χ0v) is 11.4.